The number of rotatable bonds is 5. The number of ether oxygens (including phenoxy) is 1. The summed E-state index contributed by atoms with van der Waals surface area (Å²) in [6.45, 7) is 0.551. The van der Waals surface area contributed by atoms with Crippen LogP contribution in [0.5, 0.6) is 5.75 Å². The lowest BCUT2D eigenvalue weighted by molar-refractivity contribution is 0.302. The zero-order valence-electron chi connectivity index (χ0n) is 9.53. The Bertz CT molecular complexity index is 556. The number of primary sulfonamides is 1. The van der Waals surface area contributed by atoms with Crippen molar-refractivity contribution < 1.29 is 13.2 Å². The summed E-state index contributed by atoms with van der Waals surface area (Å²) in [5.41, 5.74) is 0. The highest BCUT2D eigenvalue weighted by molar-refractivity contribution is 7.89. The average molecular weight is 310 g/mol. The molecule has 1 aliphatic rings. The van der Waals surface area contributed by atoms with E-state index in [2.05, 4.69) is 0 Å². The Morgan fingerprint density at radius 1 is 1.28 bits per heavy atom. The molecule has 0 bridgehead atoms. The van der Waals surface area contributed by atoms with Crippen LogP contribution in [0.4, 0.5) is 0 Å². The van der Waals surface area contributed by atoms with Gasteiger partial charge in [-0.1, -0.05) is 36.0 Å². The number of sulfonamides is 1. The minimum Gasteiger partial charge on any atom is -0.492 e. The van der Waals surface area contributed by atoms with Gasteiger partial charge in [0.05, 0.1) is 16.7 Å². The van der Waals surface area contributed by atoms with Gasteiger partial charge in [-0.25, -0.2) is 13.6 Å². The van der Waals surface area contributed by atoms with Crippen molar-refractivity contribution in [3.63, 3.8) is 0 Å². The summed E-state index contributed by atoms with van der Waals surface area (Å²) >= 11 is 11.8. The van der Waals surface area contributed by atoms with E-state index in [0.717, 1.165) is 12.3 Å². The quantitative estimate of drug-likeness (QED) is 0.909. The van der Waals surface area contributed by atoms with Gasteiger partial charge in [-0.3, -0.25) is 0 Å². The fraction of sp³-hybridized carbons (Fsp3) is 0.455. The van der Waals surface area contributed by atoms with E-state index < -0.39 is 10.0 Å². The monoisotopic (exact) mass is 309 g/mol. The molecule has 1 aromatic carbocycles. The Kier molecular flexibility index (Phi) is 4.06. The molecule has 2 N–H and O–H groups in total. The van der Waals surface area contributed by atoms with E-state index in [1.807, 2.05) is 0 Å². The van der Waals surface area contributed by atoms with Crippen LogP contribution in [0, 0.1) is 5.92 Å². The van der Waals surface area contributed by atoms with Gasteiger partial charge in [0.25, 0.3) is 0 Å². The molecular weight excluding hydrogens is 297 g/mol. The molecule has 0 unspecified atom stereocenters. The summed E-state index contributed by atoms with van der Waals surface area (Å²) in [5.74, 6) is 1.14. The minimum absolute atomic E-state index is 0.0170. The molecule has 0 spiro atoms. The second-order valence-corrected chi connectivity index (χ2v) is 6.68. The summed E-state index contributed by atoms with van der Waals surface area (Å²) in [7, 11) is -3.87. The molecule has 0 atom stereocenters. The van der Waals surface area contributed by atoms with E-state index >= 15 is 0 Å². The molecule has 7 heteroatoms. The van der Waals surface area contributed by atoms with Gasteiger partial charge < -0.3 is 4.74 Å². The first-order valence-electron chi connectivity index (χ1n) is 5.52. The fourth-order valence-corrected chi connectivity index (χ4v) is 2.95. The summed E-state index contributed by atoms with van der Waals surface area (Å²) in [4.78, 5) is -0.191. The van der Waals surface area contributed by atoms with E-state index in [9.17, 15) is 8.42 Å². The van der Waals surface area contributed by atoms with Gasteiger partial charge in [0, 0.05) is 6.07 Å². The number of nitrogens with two attached hydrogens (primary N) is 1. The molecule has 0 saturated heterocycles. The van der Waals surface area contributed by atoms with Crippen LogP contribution in [0.2, 0.25) is 10.0 Å². The SMILES string of the molecule is NS(=O)(=O)c1cc(Cl)c(OCCC2CC2)cc1Cl. The van der Waals surface area contributed by atoms with Crippen molar-refractivity contribution in [3.05, 3.63) is 22.2 Å². The van der Waals surface area contributed by atoms with Crippen molar-refractivity contribution in [2.75, 3.05) is 6.61 Å². The number of benzene rings is 1. The van der Waals surface area contributed by atoms with Crippen molar-refractivity contribution in [1.29, 1.82) is 0 Å². The molecule has 18 heavy (non-hydrogen) atoms. The highest BCUT2D eigenvalue weighted by atomic mass is 35.5. The molecule has 4 nitrogen and oxygen atoms in total. The lowest BCUT2D eigenvalue weighted by Crippen LogP contribution is -2.13. The third-order valence-electron chi connectivity index (χ3n) is 2.77. The van der Waals surface area contributed by atoms with E-state index in [4.69, 9.17) is 33.1 Å². The predicted octanol–water partition coefficient (Wildman–Crippen LogP) is 2.82. The first kappa shape index (κ1) is 13.9. The van der Waals surface area contributed by atoms with Gasteiger partial charge in [-0.05, 0) is 18.4 Å². The highest BCUT2D eigenvalue weighted by Crippen LogP contribution is 2.35. The molecule has 0 heterocycles. The Morgan fingerprint density at radius 3 is 2.50 bits per heavy atom. The molecule has 0 amide bonds. The number of hydrogen-bond donors (Lipinski definition) is 1. The zero-order chi connectivity index (χ0) is 13.3. The summed E-state index contributed by atoms with van der Waals surface area (Å²) in [6, 6.07) is 2.60. The van der Waals surface area contributed by atoms with Gasteiger partial charge in [0.1, 0.15) is 10.6 Å². The second-order valence-electron chi connectivity index (χ2n) is 4.34. The van der Waals surface area contributed by atoms with Crippen LogP contribution in [-0.4, -0.2) is 15.0 Å². The molecule has 0 aromatic heterocycles. The lowest BCUT2D eigenvalue weighted by atomic mass is 10.3. The Balaban J connectivity index is 2.14. The van der Waals surface area contributed by atoms with Crippen molar-refractivity contribution >= 4 is 33.2 Å². The third-order valence-corrected chi connectivity index (χ3v) is 4.44. The van der Waals surface area contributed by atoms with Crippen LogP contribution in [0.1, 0.15) is 19.3 Å². The molecule has 100 valence electrons. The minimum atomic E-state index is -3.87. The third kappa shape index (κ3) is 3.51. The zero-order valence-corrected chi connectivity index (χ0v) is 11.9. The summed E-state index contributed by atoms with van der Waals surface area (Å²) < 4.78 is 27.9. The maximum Gasteiger partial charge on any atom is 0.239 e. The van der Waals surface area contributed by atoms with Crippen molar-refractivity contribution in [2.24, 2.45) is 11.1 Å². The first-order valence-corrected chi connectivity index (χ1v) is 7.83. The maximum absolute atomic E-state index is 11.2. The predicted molar refractivity (Wildman–Crippen MR) is 70.7 cm³/mol. The van der Waals surface area contributed by atoms with Gasteiger partial charge in [-0.2, -0.15) is 0 Å². The smallest absolute Gasteiger partial charge is 0.239 e. The van der Waals surface area contributed by atoms with E-state index in [1.54, 1.807) is 0 Å². The molecule has 1 aliphatic carbocycles. The Morgan fingerprint density at radius 2 is 1.94 bits per heavy atom. The van der Waals surface area contributed by atoms with Crippen LogP contribution in [0.3, 0.4) is 0 Å². The van der Waals surface area contributed by atoms with Gasteiger partial charge in [0.2, 0.25) is 10.0 Å². The average Bonchev–Trinajstić information content (AvgIpc) is 3.05. The van der Waals surface area contributed by atoms with E-state index in [1.165, 1.54) is 25.0 Å². The van der Waals surface area contributed by atoms with Gasteiger partial charge in [0.15, 0.2) is 0 Å². The standard InChI is InChI=1S/C11H13Cl2NO3S/c12-8-6-11(18(14,15)16)9(13)5-10(8)17-4-3-7-1-2-7/h5-7H,1-4H2,(H2,14,15,16). The molecule has 2 rings (SSSR count). The van der Waals surface area contributed by atoms with E-state index in [0.29, 0.717) is 12.4 Å². The van der Waals surface area contributed by atoms with Crippen LogP contribution >= 0.6 is 23.2 Å². The van der Waals surface area contributed by atoms with E-state index in [-0.39, 0.29) is 14.9 Å². The molecule has 1 fully saturated rings. The van der Waals surface area contributed by atoms with Crippen LogP contribution in [0.25, 0.3) is 0 Å². The van der Waals surface area contributed by atoms with Crippen molar-refractivity contribution in [2.45, 2.75) is 24.2 Å². The normalized spacial score (nSPS) is 15.7. The topological polar surface area (TPSA) is 69.4 Å². The van der Waals surface area contributed by atoms with Gasteiger partial charge in [-0.15, -0.1) is 0 Å². The second kappa shape index (κ2) is 5.25. The maximum atomic E-state index is 11.2. The molecule has 0 aliphatic heterocycles. The Labute approximate surface area is 116 Å². The van der Waals surface area contributed by atoms with Crippen LogP contribution in [-0.2, 0) is 10.0 Å². The molecular formula is C11H13Cl2NO3S. The highest BCUT2D eigenvalue weighted by Gasteiger charge is 2.21. The lowest BCUT2D eigenvalue weighted by Gasteiger charge is -2.10. The van der Waals surface area contributed by atoms with Crippen LogP contribution in [0.15, 0.2) is 17.0 Å². The van der Waals surface area contributed by atoms with Crippen molar-refractivity contribution in [3.8, 4) is 5.75 Å². The first-order chi connectivity index (χ1) is 8.38. The number of halogens is 2. The summed E-state index contributed by atoms with van der Waals surface area (Å²) in [5, 5.41) is 5.22. The summed E-state index contributed by atoms with van der Waals surface area (Å²) in [6.07, 6.45) is 3.48. The molecule has 1 saturated carbocycles. The Hall–Kier alpha value is -0.490. The van der Waals surface area contributed by atoms with Crippen molar-refractivity contribution in [1.82, 2.24) is 0 Å². The van der Waals surface area contributed by atoms with Gasteiger partial charge >= 0.3 is 0 Å². The largest absolute Gasteiger partial charge is 0.492 e. The van der Waals surface area contributed by atoms with Crippen LogP contribution < -0.4 is 9.88 Å². The number of hydrogen-bond acceptors (Lipinski definition) is 3. The molecule has 1 aromatic rings. The fourth-order valence-electron chi connectivity index (χ4n) is 1.58. The molecule has 0 radical (unpaired) electrons.